The van der Waals surface area contributed by atoms with Crippen LogP contribution in [0.3, 0.4) is 0 Å². The van der Waals surface area contributed by atoms with Gasteiger partial charge in [0.2, 0.25) is 0 Å². The first-order chi connectivity index (χ1) is 10.2. The summed E-state index contributed by atoms with van der Waals surface area (Å²) in [6, 6.07) is 9.92. The lowest BCUT2D eigenvalue weighted by atomic mass is 10.1. The molecule has 0 saturated heterocycles. The van der Waals surface area contributed by atoms with E-state index in [4.69, 9.17) is 13.5 Å². The molecule has 22 heavy (non-hydrogen) atoms. The second-order valence-corrected chi connectivity index (χ2v) is 13.3. The molecule has 1 aromatic rings. The highest BCUT2D eigenvalue weighted by molar-refractivity contribution is 7.55. The van der Waals surface area contributed by atoms with E-state index in [0.29, 0.717) is 19.6 Å². The summed E-state index contributed by atoms with van der Waals surface area (Å²) in [7, 11) is -5.34. The molecule has 0 N–H and O–H groups in total. The Labute approximate surface area is 135 Å². The number of rotatable bonds is 9. The molecule has 0 heterocycles. The highest BCUT2D eigenvalue weighted by atomic mass is 31.2. The van der Waals surface area contributed by atoms with Crippen molar-refractivity contribution in [1.29, 1.82) is 0 Å². The van der Waals surface area contributed by atoms with Crippen LogP contribution in [0.25, 0.3) is 0 Å². The first kappa shape index (κ1) is 19.6. The Bertz CT molecular complexity index is 491. The van der Waals surface area contributed by atoms with Gasteiger partial charge in [-0.2, -0.15) is 0 Å². The monoisotopic (exact) mass is 344 g/mol. The average molecular weight is 344 g/mol. The van der Waals surface area contributed by atoms with Crippen LogP contribution in [0.4, 0.5) is 0 Å². The van der Waals surface area contributed by atoms with Gasteiger partial charge >= 0.3 is 7.60 Å². The zero-order valence-electron chi connectivity index (χ0n) is 14.6. The lowest BCUT2D eigenvalue weighted by Crippen LogP contribution is -2.43. The largest absolute Gasteiger partial charge is 0.401 e. The van der Waals surface area contributed by atoms with Gasteiger partial charge < -0.3 is 13.5 Å². The van der Waals surface area contributed by atoms with E-state index in [2.05, 4.69) is 19.6 Å². The predicted molar refractivity (Wildman–Crippen MR) is 93.8 cm³/mol. The molecule has 0 spiro atoms. The van der Waals surface area contributed by atoms with Crippen LogP contribution in [0, 0.1) is 0 Å². The molecule has 1 unspecified atom stereocenters. The third kappa shape index (κ3) is 5.32. The third-order valence-corrected chi connectivity index (χ3v) is 6.92. The highest BCUT2D eigenvalue weighted by Crippen LogP contribution is 2.62. The quantitative estimate of drug-likeness (QED) is 0.464. The van der Waals surface area contributed by atoms with Crippen molar-refractivity contribution in [3.8, 4) is 0 Å². The van der Waals surface area contributed by atoms with E-state index in [1.165, 1.54) is 0 Å². The van der Waals surface area contributed by atoms with Crippen molar-refractivity contribution in [1.82, 2.24) is 0 Å². The number of hydrogen-bond donors (Lipinski definition) is 0. The molecular formula is C16H29O4PSi. The molecule has 1 atom stereocenters. The molecule has 126 valence electrons. The van der Waals surface area contributed by atoms with Gasteiger partial charge in [-0.25, -0.2) is 0 Å². The van der Waals surface area contributed by atoms with Gasteiger partial charge in [-0.3, -0.25) is 4.57 Å². The van der Waals surface area contributed by atoms with Crippen molar-refractivity contribution in [2.75, 3.05) is 13.2 Å². The van der Waals surface area contributed by atoms with Crippen LogP contribution in [-0.4, -0.2) is 26.9 Å². The maximum absolute atomic E-state index is 13.4. The van der Waals surface area contributed by atoms with Gasteiger partial charge in [-0.15, -0.1) is 0 Å². The maximum Gasteiger partial charge on any atom is 0.361 e. The van der Waals surface area contributed by atoms with Crippen molar-refractivity contribution < 1.29 is 18.0 Å². The average Bonchev–Trinajstić information content (AvgIpc) is 2.38. The molecule has 0 amide bonds. The SMILES string of the molecule is CCOP(=O)(OCC)C(C)(Cc1ccccc1)O[Si](C)(C)C. The topological polar surface area (TPSA) is 44.8 Å². The normalized spacial score (nSPS) is 15.5. The van der Waals surface area contributed by atoms with Gasteiger partial charge in [0.15, 0.2) is 13.7 Å². The van der Waals surface area contributed by atoms with Crippen molar-refractivity contribution >= 4 is 15.9 Å². The molecule has 4 nitrogen and oxygen atoms in total. The minimum atomic E-state index is -3.39. The van der Waals surface area contributed by atoms with Crippen LogP contribution < -0.4 is 0 Å². The van der Waals surface area contributed by atoms with E-state index in [-0.39, 0.29) is 0 Å². The summed E-state index contributed by atoms with van der Waals surface area (Å²) >= 11 is 0. The molecule has 0 bridgehead atoms. The fourth-order valence-corrected chi connectivity index (χ4v) is 6.81. The summed E-state index contributed by atoms with van der Waals surface area (Å²) in [5.74, 6) is 0. The van der Waals surface area contributed by atoms with E-state index >= 15 is 0 Å². The number of benzene rings is 1. The van der Waals surface area contributed by atoms with Crippen molar-refractivity contribution in [3.63, 3.8) is 0 Å². The molecule has 0 aromatic heterocycles. The fourth-order valence-electron chi connectivity index (χ4n) is 2.47. The lowest BCUT2D eigenvalue weighted by Gasteiger charge is -2.40. The smallest absolute Gasteiger partial charge is 0.361 e. The molecule has 0 fully saturated rings. The van der Waals surface area contributed by atoms with Crippen LogP contribution in [0.15, 0.2) is 30.3 Å². The molecule has 0 aliphatic carbocycles. The van der Waals surface area contributed by atoms with E-state index in [1.807, 2.05) is 51.1 Å². The summed E-state index contributed by atoms with van der Waals surface area (Å²) < 4.78 is 30.9. The van der Waals surface area contributed by atoms with Gasteiger partial charge in [0, 0.05) is 6.42 Å². The Morgan fingerprint density at radius 2 is 1.55 bits per heavy atom. The van der Waals surface area contributed by atoms with Gasteiger partial charge in [0.25, 0.3) is 0 Å². The second kappa shape index (κ2) is 7.89. The summed E-state index contributed by atoms with van der Waals surface area (Å²) in [6.45, 7) is 12.4. The summed E-state index contributed by atoms with van der Waals surface area (Å²) in [5.41, 5.74) is 1.06. The summed E-state index contributed by atoms with van der Waals surface area (Å²) in [5, 5.41) is -0.981. The molecule has 0 aliphatic rings. The Hall–Kier alpha value is -0.453. The Morgan fingerprint density at radius 1 is 1.05 bits per heavy atom. The minimum Gasteiger partial charge on any atom is -0.401 e. The van der Waals surface area contributed by atoms with Crippen LogP contribution in [-0.2, 0) is 24.5 Å². The van der Waals surface area contributed by atoms with E-state index < -0.39 is 21.3 Å². The van der Waals surface area contributed by atoms with E-state index in [0.717, 1.165) is 5.56 Å². The minimum absolute atomic E-state index is 0.330. The molecular weight excluding hydrogens is 315 g/mol. The zero-order valence-corrected chi connectivity index (χ0v) is 16.5. The molecule has 0 aliphatic heterocycles. The van der Waals surface area contributed by atoms with Crippen molar-refractivity contribution in [2.24, 2.45) is 0 Å². The Kier molecular flexibility index (Phi) is 7.03. The predicted octanol–water partition coefficient (Wildman–Crippen LogP) is 5.06. The Balaban J connectivity index is 3.22. The zero-order chi connectivity index (χ0) is 16.9. The molecule has 1 rings (SSSR count). The highest BCUT2D eigenvalue weighted by Gasteiger charge is 2.50. The van der Waals surface area contributed by atoms with Crippen molar-refractivity contribution in [2.45, 2.75) is 52.2 Å². The lowest BCUT2D eigenvalue weighted by molar-refractivity contribution is 0.0955. The van der Waals surface area contributed by atoms with E-state index in [1.54, 1.807) is 0 Å². The van der Waals surface area contributed by atoms with Crippen LogP contribution >= 0.6 is 7.60 Å². The molecule has 6 heteroatoms. The van der Waals surface area contributed by atoms with Crippen LogP contribution in [0.1, 0.15) is 26.3 Å². The van der Waals surface area contributed by atoms with Gasteiger partial charge in [0.1, 0.15) is 0 Å². The van der Waals surface area contributed by atoms with Crippen LogP contribution in [0.2, 0.25) is 19.6 Å². The second-order valence-electron chi connectivity index (χ2n) is 6.38. The summed E-state index contributed by atoms with van der Waals surface area (Å²) in [4.78, 5) is 0. The maximum atomic E-state index is 13.4. The van der Waals surface area contributed by atoms with Gasteiger partial charge in [0.05, 0.1) is 13.2 Å². The van der Waals surface area contributed by atoms with Crippen LogP contribution in [0.5, 0.6) is 0 Å². The van der Waals surface area contributed by atoms with Gasteiger partial charge in [-0.1, -0.05) is 30.3 Å². The van der Waals surface area contributed by atoms with Gasteiger partial charge in [-0.05, 0) is 46.0 Å². The first-order valence-corrected chi connectivity index (χ1v) is 12.7. The van der Waals surface area contributed by atoms with E-state index in [9.17, 15) is 4.57 Å². The van der Waals surface area contributed by atoms with Crippen molar-refractivity contribution in [3.05, 3.63) is 35.9 Å². The molecule has 1 aromatic carbocycles. The standard InChI is InChI=1S/C16H29O4PSi/c1-7-18-21(17,19-8-2)16(3,20-22(4,5)6)14-15-12-10-9-11-13-15/h9-13H,7-8,14H2,1-6H3. The molecule has 0 radical (unpaired) electrons. The Morgan fingerprint density at radius 3 is 1.95 bits per heavy atom. The summed E-state index contributed by atoms with van der Waals surface area (Å²) in [6.07, 6.45) is 0.495. The first-order valence-electron chi connectivity index (χ1n) is 7.79. The number of hydrogen-bond acceptors (Lipinski definition) is 4. The third-order valence-electron chi connectivity index (χ3n) is 3.08. The fraction of sp³-hybridized carbons (Fsp3) is 0.625. The molecule has 0 saturated carbocycles.